The average molecular weight is 301 g/mol. The number of oxazole rings is 1. The highest BCUT2D eigenvalue weighted by Crippen LogP contribution is 2.19. The van der Waals surface area contributed by atoms with Crippen molar-refractivity contribution in [3.05, 3.63) is 64.6 Å². The number of benzene rings is 2. The van der Waals surface area contributed by atoms with E-state index >= 15 is 0 Å². The lowest BCUT2D eigenvalue weighted by Crippen LogP contribution is -2.15. The maximum Gasteiger partial charge on any atom is 0.419 e. The summed E-state index contributed by atoms with van der Waals surface area (Å²) in [6, 6.07) is 15.2. The lowest BCUT2D eigenvalue weighted by molar-refractivity contribution is 0.282. The Hall–Kier alpha value is -1.98. The fraction of sp³-hybridized carbons (Fsp3) is 0.188. The molecule has 0 aliphatic carbocycles. The van der Waals surface area contributed by atoms with Gasteiger partial charge in [0.15, 0.2) is 5.58 Å². The van der Waals surface area contributed by atoms with Crippen LogP contribution in [-0.2, 0) is 13.2 Å². The van der Waals surface area contributed by atoms with Gasteiger partial charge in [-0.2, -0.15) is 0 Å². The number of aryl methyl sites for hydroxylation is 1. The minimum absolute atomic E-state index is 0.0569. The minimum Gasteiger partial charge on any atom is -0.408 e. The van der Waals surface area contributed by atoms with E-state index in [2.05, 4.69) is 0 Å². The van der Waals surface area contributed by atoms with E-state index in [1.54, 1.807) is 22.4 Å². The molecule has 0 fully saturated rings. The number of aliphatic hydroxyl groups is 1. The Morgan fingerprint density at radius 1 is 1.10 bits per heavy atom. The molecule has 3 aromatic rings. The van der Waals surface area contributed by atoms with Crippen molar-refractivity contribution < 1.29 is 9.52 Å². The lowest BCUT2D eigenvalue weighted by Gasteiger charge is -2.04. The first-order valence-electron chi connectivity index (χ1n) is 6.69. The Labute approximate surface area is 126 Å². The van der Waals surface area contributed by atoms with Gasteiger partial charge in [0, 0.05) is 17.2 Å². The Kier molecular flexibility index (Phi) is 4.13. The first-order valence-corrected chi connectivity index (χ1v) is 7.67. The number of rotatable bonds is 5. The van der Waals surface area contributed by atoms with Gasteiger partial charge in [-0.1, -0.05) is 24.3 Å². The first kappa shape index (κ1) is 14.0. The van der Waals surface area contributed by atoms with Gasteiger partial charge in [-0.25, -0.2) is 4.79 Å². The van der Waals surface area contributed by atoms with Crippen molar-refractivity contribution in [1.29, 1.82) is 0 Å². The molecule has 5 heteroatoms. The van der Waals surface area contributed by atoms with Crippen molar-refractivity contribution in [1.82, 2.24) is 4.57 Å². The van der Waals surface area contributed by atoms with Crippen LogP contribution in [0, 0.1) is 0 Å². The van der Waals surface area contributed by atoms with E-state index in [0.29, 0.717) is 12.1 Å². The van der Waals surface area contributed by atoms with Crippen LogP contribution in [0.1, 0.15) is 5.56 Å². The molecule has 4 nitrogen and oxygen atoms in total. The van der Waals surface area contributed by atoms with Gasteiger partial charge >= 0.3 is 5.76 Å². The van der Waals surface area contributed by atoms with Crippen LogP contribution >= 0.6 is 11.8 Å². The number of thioether (sulfide) groups is 1. The van der Waals surface area contributed by atoms with Crippen molar-refractivity contribution in [2.75, 3.05) is 5.75 Å². The molecule has 0 radical (unpaired) electrons. The van der Waals surface area contributed by atoms with Crippen LogP contribution in [0.4, 0.5) is 0 Å². The molecule has 0 saturated carbocycles. The van der Waals surface area contributed by atoms with E-state index < -0.39 is 0 Å². The number of fused-ring (bicyclic) bond motifs is 1. The number of hydrogen-bond donors (Lipinski definition) is 1. The molecule has 0 aliphatic rings. The molecule has 2 aromatic carbocycles. The maximum atomic E-state index is 11.8. The highest BCUT2D eigenvalue weighted by Gasteiger charge is 2.07. The van der Waals surface area contributed by atoms with Crippen molar-refractivity contribution in [2.24, 2.45) is 0 Å². The third kappa shape index (κ3) is 3.04. The van der Waals surface area contributed by atoms with Gasteiger partial charge in [-0.05, 0) is 29.8 Å². The van der Waals surface area contributed by atoms with Crippen LogP contribution in [0.15, 0.2) is 62.6 Å². The molecule has 108 valence electrons. The van der Waals surface area contributed by atoms with Crippen LogP contribution in [0.3, 0.4) is 0 Å². The number of hydrogen-bond acceptors (Lipinski definition) is 4. The zero-order valence-electron chi connectivity index (χ0n) is 11.4. The third-order valence-corrected chi connectivity index (χ3v) is 4.26. The molecule has 3 rings (SSSR count). The van der Waals surface area contributed by atoms with Crippen LogP contribution in [0.2, 0.25) is 0 Å². The Bertz CT molecular complexity index is 789. The number of aliphatic hydroxyl groups excluding tert-OH is 1. The van der Waals surface area contributed by atoms with Gasteiger partial charge in [0.2, 0.25) is 0 Å². The van der Waals surface area contributed by atoms with E-state index in [0.717, 1.165) is 21.7 Å². The quantitative estimate of drug-likeness (QED) is 0.736. The van der Waals surface area contributed by atoms with Gasteiger partial charge in [-0.3, -0.25) is 4.57 Å². The molecule has 0 saturated heterocycles. The van der Waals surface area contributed by atoms with Gasteiger partial charge in [0.1, 0.15) is 0 Å². The number of nitrogens with zero attached hydrogens (tertiary/aromatic N) is 1. The van der Waals surface area contributed by atoms with Gasteiger partial charge in [0.05, 0.1) is 12.1 Å². The van der Waals surface area contributed by atoms with Gasteiger partial charge in [0.25, 0.3) is 0 Å². The molecule has 1 heterocycles. The molecule has 0 bridgehead atoms. The molecule has 1 aromatic heterocycles. The van der Waals surface area contributed by atoms with E-state index in [-0.39, 0.29) is 12.4 Å². The summed E-state index contributed by atoms with van der Waals surface area (Å²) >= 11 is 1.67. The van der Waals surface area contributed by atoms with Crippen LogP contribution in [0.25, 0.3) is 11.1 Å². The molecule has 0 spiro atoms. The van der Waals surface area contributed by atoms with Crippen molar-refractivity contribution in [2.45, 2.75) is 18.0 Å². The fourth-order valence-electron chi connectivity index (χ4n) is 2.17. The molecule has 0 aliphatic heterocycles. The average Bonchev–Trinajstić information content (AvgIpc) is 2.84. The summed E-state index contributed by atoms with van der Waals surface area (Å²) in [6.07, 6.45) is 0. The largest absolute Gasteiger partial charge is 0.419 e. The van der Waals surface area contributed by atoms with E-state index in [1.807, 2.05) is 42.5 Å². The first-order chi connectivity index (χ1) is 10.3. The molecule has 1 N–H and O–H groups in total. The van der Waals surface area contributed by atoms with Crippen molar-refractivity contribution in [3.8, 4) is 0 Å². The standard InChI is InChI=1S/C16H15NO3S/c18-11-12-5-7-13(8-6-12)21-10-9-17-14-3-1-2-4-15(14)20-16(17)19/h1-8,18H,9-11H2. The second-order valence-corrected chi connectivity index (χ2v) is 5.81. The third-order valence-electron chi connectivity index (χ3n) is 3.26. The topological polar surface area (TPSA) is 55.4 Å². The van der Waals surface area contributed by atoms with Crippen molar-refractivity contribution >= 4 is 22.9 Å². The maximum absolute atomic E-state index is 11.8. The highest BCUT2D eigenvalue weighted by molar-refractivity contribution is 7.99. The summed E-state index contributed by atoms with van der Waals surface area (Å²) in [5.41, 5.74) is 2.36. The molecule has 0 unspecified atom stereocenters. The molecular weight excluding hydrogens is 286 g/mol. The van der Waals surface area contributed by atoms with E-state index in [1.165, 1.54) is 0 Å². The predicted octanol–water partition coefficient (Wildman–Crippen LogP) is 2.88. The Morgan fingerprint density at radius 3 is 2.62 bits per heavy atom. The second kappa shape index (κ2) is 6.20. The molecule has 0 atom stereocenters. The molecule has 0 amide bonds. The summed E-state index contributed by atoms with van der Waals surface area (Å²) in [6.45, 7) is 0.656. The van der Waals surface area contributed by atoms with Crippen molar-refractivity contribution in [3.63, 3.8) is 0 Å². The smallest absolute Gasteiger partial charge is 0.408 e. The zero-order valence-corrected chi connectivity index (χ0v) is 12.2. The number of aromatic nitrogens is 1. The summed E-state index contributed by atoms with van der Waals surface area (Å²) in [7, 11) is 0. The summed E-state index contributed by atoms with van der Waals surface area (Å²) in [4.78, 5) is 12.9. The van der Waals surface area contributed by atoms with Crippen LogP contribution < -0.4 is 5.76 Å². The SMILES string of the molecule is O=c1oc2ccccc2n1CCSc1ccc(CO)cc1. The monoisotopic (exact) mass is 301 g/mol. The fourth-order valence-corrected chi connectivity index (χ4v) is 3.01. The summed E-state index contributed by atoms with van der Waals surface area (Å²) in [5.74, 6) is 0.467. The van der Waals surface area contributed by atoms with Crippen LogP contribution in [-0.4, -0.2) is 15.4 Å². The predicted molar refractivity (Wildman–Crippen MR) is 83.6 cm³/mol. The van der Waals surface area contributed by atoms with Gasteiger partial charge in [-0.15, -0.1) is 11.8 Å². The Morgan fingerprint density at radius 2 is 1.86 bits per heavy atom. The molecular formula is C16H15NO3S. The van der Waals surface area contributed by atoms with Gasteiger partial charge < -0.3 is 9.52 Å². The Balaban J connectivity index is 1.69. The lowest BCUT2D eigenvalue weighted by atomic mass is 10.2. The van der Waals surface area contributed by atoms with Crippen LogP contribution in [0.5, 0.6) is 0 Å². The van der Waals surface area contributed by atoms with E-state index in [9.17, 15) is 4.79 Å². The molecule has 21 heavy (non-hydrogen) atoms. The zero-order chi connectivity index (χ0) is 14.7. The minimum atomic E-state index is -0.313. The summed E-state index contributed by atoms with van der Waals surface area (Å²) < 4.78 is 6.86. The number of para-hydroxylation sites is 2. The van der Waals surface area contributed by atoms with E-state index in [4.69, 9.17) is 9.52 Å². The normalized spacial score (nSPS) is 11.1. The highest BCUT2D eigenvalue weighted by atomic mass is 32.2. The summed E-state index contributed by atoms with van der Waals surface area (Å²) in [5, 5.41) is 9.01. The second-order valence-electron chi connectivity index (χ2n) is 4.64.